The molecule has 0 unspecified atom stereocenters. The topological polar surface area (TPSA) is 147 Å². The summed E-state index contributed by atoms with van der Waals surface area (Å²) in [5.74, 6) is -3.25. The number of carbonyl (C=O) groups is 3. The van der Waals surface area contributed by atoms with E-state index in [0.29, 0.717) is 25.8 Å². The first-order chi connectivity index (χ1) is 18.0. The third kappa shape index (κ3) is 6.77. The lowest BCUT2D eigenvalue weighted by Crippen LogP contribution is -2.46. The van der Waals surface area contributed by atoms with Gasteiger partial charge in [-0.2, -0.15) is 0 Å². The normalized spacial score (nSPS) is 24.8. The van der Waals surface area contributed by atoms with Gasteiger partial charge >= 0.3 is 18.0 Å². The summed E-state index contributed by atoms with van der Waals surface area (Å²) in [4.78, 5) is 40.8. The largest absolute Gasteiger partial charge is 0.481 e. The Labute approximate surface area is 242 Å². The van der Waals surface area contributed by atoms with Crippen LogP contribution < -0.4 is 5.32 Å². The summed E-state index contributed by atoms with van der Waals surface area (Å²) in [5.41, 5.74) is 0.334. The van der Waals surface area contributed by atoms with Crippen molar-refractivity contribution in [2.45, 2.75) is 83.0 Å². The van der Waals surface area contributed by atoms with Crippen LogP contribution in [-0.4, -0.2) is 75.0 Å². The van der Waals surface area contributed by atoms with E-state index in [1.54, 1.807) is 51.3 Å². The molecule has 15 heteroatoms. The summed E-state index contributed by atoms with van der Waals surface area (Å²) in [6.07, 6.45) is -4.49. The number of carboxylic acid groups (broad SMARTS) is 1. The summed E-state index contributed by atoms with van der Waals surface area (Å²) < 4.78 is 31.1. The van der Waals surface area contributed by atoms with Crippen molar-refractivity contribution >= 4 is 68.2 Å². The van der Waals surface area contributed by atoms with Gasteiger partial charge in [0.25, 0.3) is 0 Å². The Morgan fingerprint density at radius 2 is 1.85 bits per heavy atom. The maximum absolute atomic E-state index is 12.8. The summed E-state index contributed by atoms with van der Waals surface area (Å²) in [6.45, 7) is 8.09. The number of imidazole rings is 1. The molecular weight excluding hydrogens is 625 g/mol. The first kappa shape index (κ1) is 29.8. The van der Waals surface area contributed by atoms with Crippen molar-refractivity contribution in [3.8, 4) is 0 Å². The summed E-state index contributed by atoms with van der Waals surface area (Å²) in [5, 5.41) is 12.2. The van der Waals surface area contributed by atoms with Crippen LogP contribution in [0, 0.1) is 0 Å². The van der Waals surface area contributed by atoms with Crippen molar-refractivity contribution in [2.75, 3.05) is 6.61 Å². The van der Waals surface area contributed by atoms with E-state index in [2.05, 4.69) is 26.2 Å². The van der Waals surface area contributed by atoms with Crippen molar-refractivity contribution in [3.05, 3.63) is 26.9 Å². The zero-order chi connectivity index (χ0) is 28.9. The molecule has 0 radical (unpaired) electrons. The number of nitrogens with one attached hydrogen (secondary N) is 1. The minimum absolute atomic E-state index is 0.307. The second-order valence-electron chi connectivity index (χ2n) is 10.6. The summed E-state index contributed by atoms with van der Waals surface area (Å²) in [6, 6.07) is 1.80. The number of halogens is 3. The zero-order valence-electron chi connectivity index (χ0n) is 21.7. The van der Waals surface area contributed by atoms with Crippen LogP contribution in [0.25, 0.3) is 11.0 Å². The van der Waals surface area contributed by atoms with Crippen LogP contribution in [0.15, 0.2) is 16.9 Å². The molecule has 2 N–H and O–H groups in total. The third-order valence-electron chi connectivity index (χ3n) is 5.81. The van der Waals surface area contributed by atoms with E-state index in [-0.39, 0.29) is 6.61 Å². The fourth-order valence-corrected chi connectivity index (χ4v) is 5.29. The van der Waals surface area contributed by atoms with Gasteiger partial charge in [-0.15, -0.1) is 0 Å². The van der Waals surface area contributed by atoms with Crippen LogP contribution in [0.3, 0.4) is 0 Å². The van der Waals surface area contributed by atoms with Crippen LogP contribution in [0.2, 0.25) is 10.0 Å². The lowest BCUT2D eigenvalue weighted by atomic mass is 10.1. The highest BCUT2D eigenvalue weighted by Crippen LogP contribution is 2.45. The van der Waals surface area contributed by atoms with E-state index >= 15 is 0 Å². The highest BCUT2D eigenvalue weighted by atomic mass is 79.9. The molecule has 2 saturated heterocycles. The molecule has 0 spiro atoms. The van der Waals surface area contributed by atoms with Gasteiger partial charge in [0.2, 0.25) is 0 Å². The number of ether oxygens (including phenoxy) is 5. The maximum atomic E-state index is 12.8. The van der Waals surface area contributed by atoms with Gasteiger partial charge in [0.15, 0.2) is 16.7 Å². The SMILES string of the molecule is CC(C)(C)OC(=O)N[C@H](CC(=O)O)C(=O)OC[C@H]1O[C@@H](n2c(Br)nc3cc(Cl)c(Cl)cc32)[C@@H]2OC(C)(C)O[C@@H]21. The Kier molecular flexibility index (Phi) is 8.42. The standard InChI is InChI=1S/C24H28BrCl2N3O9/c1-23(2,3)39-22(34)29-13(8-16(31)32)20(33)35-9-15-17-18(38-24(4,5)37-17)19(36-15)30-14-7-11(27)10(26)6-12(14)28-21(30)25/h6-7,13,15,17-19H,8-9H2,1-5H3,(H,29,34)(H,31,32)/t13-,15-,17-,18-,19-/m1/s1. The minimum Gasteiger partial charge on any atom is -0.481 e. The highest BCUT2D eigenvalue weighted by molar-refractivity contribution is 9.10. The van der Waals surface area contributed by atoms with Gasteiger partial charge in [-0.05, 0) is 62.7 Å². The number of carboxylic acids is 1. The van der Waals surface area contributed by atoms with E-state index in [9.17, 15) is 19.5 Å². The number of amides is 1. The average molecular weight is 653 g/mol. The fraction of sp³-hybridized carbons (Fsp3) is 0.583. The number of aromatic nitrogens is 2. The lowest BCUT2D eigenvalue weighted by molar-refractivity contribution is -0.202. The molecule has 2 aromatic rings. The number of hydrogen-bond donors (Lipinski definition) is 2. The predicted molar refractivity (Wildman–Crippen MR) is 142 cm³/mol. The van der Waals surface area contributed by atoms with E-state index < -0.39 is 66.4 Å². The number of carbonyl (C=O) groups excluding carboxylic acids is 2. The molecule has 0 bridgehead atoms. The van der Waals surface area contributed by atoms with Crippen molar-refractivity contribution in [1.82, 2.24) is 14.9 Å². The number of alkyl carbamates (subject to hydrolysis) is 1. The van der Waals surface area contributed by atoms with Gasteiger partial charge in [-0.25, -0.2) is 14.6 Å². The van der Waals surface area contributed by atoms with E-state index in [0.717, 1.165) is 0 Å². The Balaban J connectivity index is 1.53. The number of aliphatic carboxylic acids is 1. The third-order valence-corrected chi connectivity index (χ3v) is 7.09. The van der Waals surface area contributed by atoms with Crippen LogP contribution >= 0.6 is 39.1 Å². The highest BCUT2D eigenvalue weighted by Gasteiger charge is 2.56. The van der Waals surface area contributed by atoms with E-state index in [1.165, 1.54) is 0 Å². The van der Waals surface area contributed by atoms with Crippen LogP contribution in [-0.2, 0) is 33.3 Å². The Bertz CT molecular complexity index is 1300. The molecule has 1 amide bonds. The monoisotopic (exact) mass is 651 g/mol. The molecule has 214 valence electrons. The predicted octanol–water partition coefficient (Wildman–Crippen LogP) is 4.43. The molecule has 0 aliphatic carbocycles. The molecule has 39 heavy (non-hydrogen) atoms. The average Bonchev–Trinajstić information content (AvgIpc) is 3.37. The van der Waals surface area contributed by atoms with Crippen LogP contribution in [0.5, 0.6) is 0 Å². The Hall–Kier alpha value is -2.16. The lowest BCUT2D eigenvalue weighted by Gasteiger charge is -2.26. The number of nitrogens with zero attached hydrogens (tertiary/aromatic N) is 2. The summed E-state index contributed by atoms with van der Waals surface area (Å²) >= 11 is 15.9. The van der Waals surface area contributed by atoms with Crippen molar-refractivity contribution in [3.63, 3.8) is 0 Å². The maximum Gasteiger partial charge on any atom is 0.408 e. The van der Waals surface area contributed by atoms with Crippen LogP contribution in [0.1, 0.15) is 47.3 Å². The molecule has 3 heterocycles. The first-order valence-electron chi connectivity index (χ1n) is 12.0. The molecule has 0 saturated carbocycles. The van der Waals surface area contributed by atoms with E-state index in [4.69, 9.17) is 46.9 Å². The first-order valence-corrected chi connectivity index (χ1v) is 13.5. The van der Waals surface area contributed by atoms with Gasteiger partial charge < -0.3 is 34.1 Å². The second-order valence-corrected chi connectivity index (χ2v) is 12.1. The number of hydrogen-bond acceptors (Lipinski definition) is 9. The molecule has 4 rings (SSSR count). The second kappa shape index (κ2) is 11.0. The van der Waals surface area contributed by atoms with Gasteiger partial charge in [-0.3, -0.25) is 9.36 Å². The Morgan fingerprint density at radius 1 is 1.21 bits per heavy atom. The van der Waals surface area contributed by atoms with Gasteiger partial charge in [0, 0.05) is 0 Å². The fourth-order valence-electron chi connectivity index (χ4n) is 4.39. The molecule has 12 nitrogen and oxygen atoms in total. The number of rotatable bonds is 7. The quantitative estimate of drug-likeness (QED) is 0.412. The molecular formula is C24H28BrCl2N3O9. The molecule has 1 aromatic carbocycles. The number of esters is 1. The molecule has 5 atom stereocenters. The van der Waals surface area contributed by atoms with E-state index in [1.807, 2.05) is 0 Å². The molecule has 2 fully saturated rings. The molecule has 2 aliphatic heterocycles. The smallest absolute Gasteiger partial charge is 0.408 e. The van der Waals surface area contributed by atoms with Gasteiger partial charge in [0.05, 0.1) is 27.5 Å². The molecule has 2 aliphatic rings. The Morgan fingerprint density at radius 3 is 2.49 bits per heavy atom. The molecule has 1 aromatic heterocycles. The zero-order valence-corrected chi connectivity index (χ0v) is 24.8. The van der Waals surface area contributed by atoms with Gasteiger partial charge in [-0.1, -0.05) is 23.2 Å². The number of benzene rings is 1. The summed E-state index contributed by atoms with van der Waals surface area (Å²) in [7, 11) is 0. The van der Waals surface area contributed by atoms with Gasteiger partial charge in [0.1, 0.15) is 36.6 Å². The van der Waals surface area contributed by atoms with Crippen molar-refractivity contribution in [2.24, 2.45) is 0 Å². The minimum atomic E-state index is -1.49. The van der Waals surface area contributed by atoms with Crippen molar-refractivity contribution in [1.29, 1.82) is 0 Å². The number of fused-ring (bicyclic) bond motifs is 2. The van der Waals surface area contributed by atoms with Crippen LogP contribution in [0.4, 0.5) is 4.79 Å². The van der Waals surface area contributed by atoms with Crippen molar-refractivity contribution < 1.29 is 43.2 Å².